The lowest BCUT2D eigenvalue weighted by atomic mass is 10.1. The molecule has 0 aromatic heterocycles. The van der Waals surface area contributed by atoms with Gasteiger partial charge in [0.05, 0.1) is 12.5 Å². The van der Waals surface area contributed by atoms with Gasteiger partial charge < -0.3 is 9.84 Å². The van der Waals surface area contributed by atoms with Gasteiger partial charge >= 0.3 is 5.97 Å². The topological polar surface area (TPSA) is 46.5 Å². The van der Waals surface area contributed by atoms with Gasteiger partial charge in [0.1, 0.15) is 0 Å². The molecular weight excluding hydrogens is 200 g/mol. The first kappa shape index (κ1) is 11.9. The van der Waals surface area contributed by atoms with Gasteiger partial charge in [-0.2, -0.15) is 11.8 Å². The van der Waals surface area contributed by atoms with E-state index >= 15 is 0 Å². The Bertz CT molecular complexity index is 167. The largest absolute Gasteiger partial charge is 0.481 e. The van der Waals surface area contributed by atoms with E-state index in [9.17, 15) is 4.79 Å². The summed E-state index contributed by atoms with van der Waals surface area (Å²) in [5, 5.41) is 8.41. The van der Waals surface area contributed by atoms with Crippen molar-refractivity contribution < 1.29 is 14.6 Å². The molecule has 0 aromatic carbocycles. The Morgan fingerprint density at radius 3 is 3.00 bits per heavy atom. The molecular formula is C10H18O3S. The normalized spacial score (nSPS) is 21.3. The van der Waals surface area contributed by atoms with Crippen molar-refractivity contribution in [2.45, 2.75) is 38.2 Å². The summed E-state index contributed by atoms with van der Waals surface area (Å²) in [5.74, 6) is 1.10. The highest BCUT2D eigenvalue weighted by atomic mass is 32.2. The minimum atomic E-state index is -0.698. The number of ether oxygens (including phenoxy) is 1. The Labute approximate surface area is 89.2 Å². The van der Waals surface area contributed by atoms with Crippen LogP contribution in [-0.4, -0.2) is 35.3 Å². The molecule has 4 heteroatoms. The summed E-state index contributed by atoms with van der Waals surface area (Å²) < 4.78 is 5.49. The van der Waals surface area contributed by atoms with Crippen molar-refractivity contribution in [2.75, 3.05) is 18.1 Å². The van der Waals surface area contributed by atoms with Crippen molar-refractivity contribution in [3.05, 3.63) is 0 Å². The first-order valence-electron chi connectivity index (χ1n) is 5.20. The van der Waals surface area contributed by atoms with E-state index in [4.69, 9.17) is 9.84 Å². The summed E-state index contributed by atoms with van der Waals surface area (Å²) in [7, 11) is 0. The average molecular weight is 218 g/mol. The van der Waals surface area contributed by atoms with Gasteiger partial charge in [0.15, 0.2) is 0 Å². The van der Waals surface area contributed by atoms with Gasteiger partial charge in [0.2, 0.25) is 0 Å². The standard InChI is InChI=1S/C10H18O3S/c11-10(12)5-8-14-7-2-4-9-3-1-6-13-9/h9H,1-8H2,(H,11,12). The van der Waals surface area contributed by atoms with Crippen molar-refractivity contribution in [3.63, 3.8) is 0 Å². The number of carbonyl (C=O) groups is 1. The third-order valence-corrected chi connectivity index (χ3v) is 3.37. The second-order valence-electron chi connectivity index (χ2n) is 3.53. The van der Waals surface area contributed by atoms with Gasteiger partial charge in [-0.25, -0.2) is 0 Å². The Balaban J connectivity index is 1.82. The van der Waals surface area contributed by atoms with E-state index in [0.29, 0.717) is 6.10 Å². The third kappa shape index (κ3) is 5.50. The lowest BCUT2D eigenvalue weighted by molar-refractivity contribution is -0.136. The van der Waals surface area contributed by atoms with Crippen molar-refractivity contribution in [1.29, 1.82) is 0 Å². The zero-order chi connectivity index (χ0) is 10.2. The SMILES string of the molecule is O=C(O)CCSCCCC1CCCO1. The van der Waals surface area contributed by atoms with Crippen molar-refractivity contribution in [1.82, 2.24) is 0 Å². The predicted molar refractivity (Wildman–Crippen MR) is 57.8 cm³/mol. The van der Waals surface area contributed by atoms with Crippen LogP contribution in [0.1, 0.15) is 32.1 Å². The van der Waals surface area contributed by atoms with E-state index in [1.165, 1.54) is 12.8 Å². The van der Waals surface area contributed by atoms with E-state index in [0.717, 1.165) is 31.0 Å². The molecule has 0 radical (unpaired) electrons. The third-order valence-electron chi connectivity index (χ3n) is 2.30. The van der Waals surface area contributed by atoms with Crippen LogP contribution < -0.4 is 0 Å². The van der Waals surface area contributed by atoms with E-state index in [1.54, 1.807) is 11.8 Å². The molecule has 0 bridgehead atoms. The monoisotopic (exact) mass is 218 g/mol. The molecule has 82 valence electrons. The molecule has 1 atom stereocenters. The summed E-state index contributed by atoms with van der Waals surface area (Å²) in [4.78, 5) is 10.2. The average Bonchev–Trinajstić information content (AvgIpc) is 2.63. The summed E-state index contributed by atoms with van der Waals surface area (Å²) in [6.45, 7) is 0.927. The number of thioether (sulfide) groups is 1. The minimum Gasteiger partial charge on any atom is -0.481 e. The molecule has 1 aliphatic rings. The number of carboxylic acid groups (broad SMARTS) is 1. The van der Waals surface area contributed by atoms with Crippen LogP contribution in [0.2, 0.25) is 0 Å². The van der Waals surface area contributed by atoms with Gasteiger partial charge in [0, 0.05) is 12.4 Å². The van der Waals surface area contributed by atoms with E-state index in [2.05, 4.69) is 0 Å². The molecule has 3 nitrogen and oxygen atoms in total. The molecule has 0 spiro atoms. The molecule has 0 aromatic rings. The molecule has 1 saturated heterocycles. The number of hydrogen-bond donors (Lipinski definition) is 1. The van der Waals surface area contributed by atoms with Gasteiger partial charge in [-0.3, -0.25) is 4.79 Å². The highest BCUT2D eigenvalue weighted by Gasteiger charge is 2.14. The number of aliphatic carboxylic acids is 1. The minimum absolute atomic E-state index is 0.282. The molecule has 0 amide bonds. The number of carboxylic acids is 1. The van der Waals surface area contributed by atoms with Crippen molar-refractivity contribution >= 4 is 17.7 Å². The summed E-state index contributed by atoms with van der Waals surface area (Å²) in [6.07, 6.45) is 5.46. The molecule has 1 heterocycles. The van der Waals surface area contributed by atoms with Gasteiger partial charge in [0.25, 0.3) is 0 Å². The molecule has 1 rings (SSSR count). The molecule has 1 N–H and O–H groups in total. The molecule has 0 aliphatic carbocycles. The van der Waals surface area contributed by atoms with Crippen LogP contribution in [0.3, 0.4) is 0 Å². The lowest BCUT2D eigenvalue weighted by Gasteiger charge is -2.07. The van der Waals surface area contributed by atoms with Crippen LogP contribution in [0.25, 0.3) is 0 Å². The van der Waals surface area contributed by atoms with Gasteiger partial charge in [-0.1, -0.05) is 0 Å². The summed E-state index contributed by atoms with van der Waals surface area (Å²) in [6, 6.07) is 0. The fourth-order valence-electron chi connectivity index (χ4n) is 1.55. The van der Waals surface area contributed by atoms with Gasteiger partial charge in [-0.15, -0.1) is 0 Å². The van der Waals surface area contributed by atoms with Crippen LogP contribution in [0.4, 0.5) is 0 Å². The maximum atomic E-state index is 10.2. The predicted octanol–water partition coefficient (Wildman–Crippen LogP) is 2.15. The van der Waals surface area contributed by atoms with Crippen LogP contribution in [0.5, 0.6) is 0 Å². The van der Waals surface area contributed by atoms with Crippen LogP contribution in [0, 0.1) is 0 Å². The first-order chi connectivity index (χ1) is 6.79. The molecule has 0 saturated carbocycles. The van der Waals surface area contributed by atoms with Gasteiger partial charge in [-0.05, 0) is 31.4 Å². The van der Waals surface area contributed by atoms with Crippen molar-refractivity contribution in [2.24, 2.45) is 0 Å². The Morgan fingerprint density at radius 2 is 2.36 bits per heavy atom. The smallest absolute Gasteiger partial charge is 0.304 e. The molecule has 14 heavy (non-hydrogen) atoms. The fourth-order valence-corrected chi connectivity index (χ4v) is 2.44. The number of hydrogen-bond acceptors (Lipinski definition) is 3. The van der Waals surface area contributed by atoms with Crippen LogP contribution >= 0.6 is 11.8 Å². The lowest BCUT2D eigenvalue weighted by Crippen LogP contribution is -2.05. The van der Waals surface area contributed by atoms with Crippen molar-refractivity contribution in [3.8, 4) is 0 Å². The van der Waals surface area contributed by atoms with Crippen LogP contribution in [0.15, 0.2) is 0 Å². The fraction of sp³-hybridized carbons (Fsp3) is 0.900. The molecule has 1 aliphatic heterocycles. The first-order valence-corrected chi connectivity index (χ1v) is 6.35. The highest BCUT2D eigenvalue weighted by molar-refractivity contribution is 7.99. The van der Waals surface area contributed by atoms with E-state index in [-0.39, 0.29) is 6.42 Å². The molecule has 1 fully saturated rings. The van der Waals surface area contributed by atoms with Crippen LogP contribution in [-0.2, 0) is 9.53 Å². The highest BCUT2D eigenvalue weighted by Crippen LogP contribution is 2.18. The maximum absolute atomic E-state index is 10.2. The quantitative estimate of drug-likeness (QED) is 0.665. The Hall–Kier alpha value is -0.220. The number of rotatable bonds is 7. The Morgan fingerprint density at radius 1 is 1.50 bits per heavy atom. The summed E-state index contributed by atoms with van der Waals surface area (Å²) in [5.41, 5.74) is 0. The second-order valence-corrected chi connectivity index (χ2v) is 4.76. The second kappa shape index (κ2) is 7.12. The van der Waals surface area contributed by atoms with E-state index in [1.807, 2.05) is 0 Å². The maximum Gasteiger partial charge on any atom is 0.304 e. The van der Waals surface area contributed by atoms with E-state index < -0.39 is 5.97 Å². The zero-order valence-electron chi connectivity index (χ0n) is 8.41. The molecule has 1 unspecified atom stereocenters. The Kier molecular flexibility index (Phi) is 6.03. The summed E-state index contributed by atoms with van der Waals surface area (Å²) >= 11 is 1.73. The zero-order valence-corrected chi connectivity index (χ0v) is 9.22.